The van der Waals surface area contributed by atoms with Gasteiger partial charge in [-0.1, -0.05) is 23.7 Å². The van der Waals surface area contributed by atoms with Crippen molar-refractivity contribution in [2.45, 2.75) is 19.3 Å². The highest BCUT2D eigenvalue weighted by Gasteiger charge is 2.25. The quantitative estimate of drug-likeness (QED) is 0.587. The van der Waals surface area contributed by atoms with Gasteiger partial charge in [-0.05, 0) is 37.0 Å². The fourth-order valence-corrected chi connectivity index (χ4v) is 2.93. The van der Waals surface area contributed by atoms with E-state index in [4.69, 9.17) is 17.4 Å². The van der Waals surface area contributed by atoms with E-state index in [1.165, 1.54) is 23.9 Å². The van der Waals surface area contributed by atoms with Crippen molar-refractivity contribution in [3.8, 4) is 0 Å². The van der Waals surface area contributed by atoms with Crippen LogP contribution in [0.2, 0.25) is 5.02 Å². The molecule has 3 aromatic rings. The summed E-state index contributed by atoms with van der Waals surface area (Å²) in [6, 6.07) is 8.03. The summed E-state index contributed by atoms with van der Waals surface area (Å²) in [6.45, 7) is 0. The van der Waals surface area contributed by atoms with Crippen LogP contribution in [0.4, 0.5) is 15.8 Å². The number of nitrogens with two attached hydrogens (primary N) is 1. The third-order valence-electron chi connectivity index (χ3n) is 4.11. The minimum Gasteiger partial charge on any atom is -0.285 e. The third kappa shape index (κ3) is 2.54. The Morgan fingerprint density at radius 3 is 2.74 bits per heavy atom. The SMILES string of the molecule is NN(c1ccccc1F)c1ccn2c(CC3CC3)nnc2c1Cl. The molecular formula is C16H15ClFN5. The number of para-hydroxylation sites is 1. The zero-order valence-electron chi connectivity index (χ0n) is 12.3. The molecule has 23 heavy (non-hydrogen) atoms. The first-order chi connectivity index (χ1) is 11.1. The van der Waals surface area contributed by atoms with Crippen molar-refractivity contribution in [1.82, 2.24) is 14.6 Å². The normalized spacial score (nSPS) is 14.4. The lowest BCUT2D eigenvalue weighted by Crippen LogP contribution is -2.26. The standard InChI is InChI=1S/C16H15ClFN5/c17-15-13(23(19)12-4-2-1-3-11(12)18)7-8-22-14(9-10-5-6-10)20-21-16(15)22/h1-4,7-8,10H,5-6,9,19H2. The van der Waals surface area contributed by atoms with Crippen molar-refractivity contribution in [1.29, 1.82) is 0 Å². The molecule has 4 rings (SSSR count). The van der Waals surface area contributed by atoms with E-state index in [0.29, 0.717) is 22.3 Å². The van der Waals surface area contributed by atoms with Crippen LogP contribution in [0.3, 0.4) is 0 Å². The summed E-state index contributed by atoms with van der Waals surface area (Å²) in [5.41, 5.74) is 1.26. The highest BCUT2D eigenvalue weighted by atomic mass is 35.5. The zero-order valence-corrected chi connectivity index (χ0v) is 13.0. The summed E-state index contributed by atoms with van der Waals surface area (Å²) in [6.07, 6.45) is 5.21. The highest BCUT2D eigenvalue weighted by molar-refractivity contribution is 6.36. The Bertz CT molecular complexity index is 874. The van der Waals surface area contributed by atoms with E-state index < -0.39 is 5.82 Å². The fraction of sp³-hybridized carbons (Fsp3) is 0.250. The zero-order chi connectivity index (χ0) is 16.0. The van der Waals surface area contributed by atoms with Gasteiger partial charge in [0.05, 0.1) is 11.4 Å². The van der Waals surface area contributed by atoms with E-state index in [2.05, 4.69) is 10.2 Å². The Kier molecular flexibility index (Phi) is 3.43. The lowest BCUT2D eigenvalue weighted by molar-refractivity contribution is 0.626. The number of rotatable bonds is 4. The number of aromatic nitrogens is 3. The molecule has 1 aliphatic carbocycles. The molecule has 1 saturated carbocycles. The first-order valence-corrected chi connectivity index (χ1v) is 7.84. The molecule has 5 nitrogen and oxygen atoms in total. The number of anilines is 2. The molecule has 1 aromatic carbocycles. The lowest BCUT2D eigenvalue weighted by Gasteiger charge is -2.20. The lowest BCUT2D eigenvalue weighted by atomic mass is 10.2. The average molecular weight is 332 g/mol. The van der Waals surface area contributed by atoms with Crippen molar-refractivity contribution >= 4 is 28.6 Å². The van der Waals surface area contributed by atoms with Gasteiger partial charge in [-0.25, -0.2) is 10.2 Å². The Balaban J connectivity index is 1.76. The maximum atomic E-state index is 13.9. The van der Waals surface area contributed by atoms with Crippen molar-refractivity contribution < 1.29 is 4.39 Å². The fourth-order valence-electron chi connectivity index (χ4n) is 2.65. The molecule has 118 valence electrons. The van der Waals surface area contributed by atoms with Gasteiger partial charge in [0.1, 0.15) is 16.7 Å². The van der Waals surface area contributed by atoms with Crippen LogP contribution in [-0.2, 0) is 6.42 Å². The number of pyridine rings is 1. The van der Waals surface area contributed by atoms with Crippen LogP contribution in [0, 0.1) is 11.7 Å². The molecule has 2 heterocycles. The molecule has 0 amide bonds. The third-order valence-corrected chi connectivity index (χ3v) is 4.47. The van der Waals surface area contributed by atoms with Crippen molar-refractivity contribution in [3.63, 3.8) is 0 Å². The number of hydrogen-bond donors (Lipinski definition) is 1. The molecule has 2 N–H and O–H groups in total. The molecule has 1 aliphatic rings. The van der Waals surface area contributed by atoms with Crippen LogP contribution >= 0.6 is 11.6 Å². The molecule has 0 aliphatic heterocycles. The van der Waals surface area contributed by atoms with E-state index in [0.717, 1.165) is 12.2 Å². The predicted molar refractivity (Wildman–Crippen MR) is 87.2 cm³/mol. The van der Waals surface area contributed by atoms with Gasteiger partial charge in [-0.3, -0.25) is 9.41 Å². The second kappa shape index (κ2) is 5.47. The first kappa shape index (κ1) is 14.4. The molecular weight excluding hydrogens is 317 g/mol. The first-order valence-electron chi connectivity index (χ1n) is 7.46. The summed E-state index contributed by atoms with van der Waals surface area (Å²) < 4.78 is 15.8. The second-order valence-electron chi connectivity index (χ2n) is 5.79. The number of nitrogens with zero attached hydrogens (tertiary/aromatic N) is 4. The van der Waals surface area contributed by atoms with E-state index in [9.17, 15) is 4.39 Å². The van der Waals surface area contributed by atoms with Crippen LogP contribution in [0.25, 0.3) is 5.65 Å². The van der Waals surface area contributed by atoms with E-state index in [-0.39, 0.29) is 5.69 Å². The summed E-state index contributed by atoms with van der Waals surface area (Å²) >= 11 is 6.44. The van der Waals surface area contributed by atoms with Crippen molar-refractivity contribution in [2.75, 3.05) is 5.01 Å². The predicted octanol–water partition coefficient (Wildman–Crippen LogP) is 3.49. The van der Waals surface area contributed by atoms with Gasteiger partial charge in [0, 0.05) is 12.6 Å². The van der Waals surface area contributed by atoms with Crippen LogP contribution < -0.4 is 10.9 Å². The van der Waals surface area contributed by atoms with Crippen molar-refractivity contribution in [3.05, 3.63) is 53.2 Å². The molecule has 0 atom stereocenters. The minimum absolute atomic E-state index is 0.247. The number of hydrazine groups is 1. The molecule has 2 aromatic heterocycles. The number of fused-ring (bicyclic) bond motifs is 1. The van der Waals surface area contributed by atoms with E-state index >= 15 is 0 Å². The number of halogens is 2. The molecule has 7 heteroatoms. The van der Waals surface area contributed by atoms with Crippen LogP contribution in [0.15, 0.2) is 36.5 Å². The Morgan fingerprint density at radius 1 is 1.22 bits per heavy atom. The molecule has 1 fully saturated rings. The van der Waals surface area contributed by atoms with Gasteiger partial charge < -0.3 is 0 Å². The molecule has 0 bridgehead atoms. The van der Waals surface area contributed by atoms with Gasteiger partial charge >= 0.3 is 0 Å². The monoisotopic (exact) mass is 331 g/mol. The molecule has 0 spiro atoms. The van der Waals surface area contributed by atoms with Crippen molar-refractivity contribution in [2.24, 2.45) is 11.8 Å². The largest absolute Gasteiger partial charge is 0.285 e. The van der Waals surface area contributed by atoms with Gasteiger partial charge in [-0.2, -0.15) is 0 Å². The van der Waals surface area contributed by atoms with Crippen LogP contribution in [-0.4, -0.2) is 14.6 Å². The summed E-state index contributed by atoms with van der Waals surface area (Å²) in [4.78, 5) is 0. The summed E-state index contributed by atoms with van der Waals surface area (Å²) in [5.74, 6) is 7.24. The van der Waals surface area contributed by atoms with Gasteiger partial charge in [-0.15, -0.1) is 10.2 Å². The van der Waals surface area contributed by atoms with E-state index in [1.54, 1.807) is 24.3 Å². The topological polar surface area (TPSA) is 59.5 Å². The maximum Gasteiger partial charge on any atom is 0.181 e. The Hall–Kier alpha value is -2.18. The van der Waals surface area contributed by atoms with Gasteiger partial charge in [0.15, 0.2) is 5.65 Å². The van der Waals surface area contributed by atoms with Crippen LogP contribution in [0.5, 0.6) is 0 Å². The van der Waals surface area contributed by atoms with Gasteiger partial charge in [0.2, 0.25) is 0 Å². The second-order valence-corrected chi connectivity index (χ2v) is 6.17. The number of hydrogen-bond acceptors (Lipinski definition) is 4. The molecule has 0 saturated heterocycles. The van der Waals surface area contributed by atoms with Crippen LogP contribution in [0.1, 0.15) is 18.7 Å². The minimum atomic E-state index is -0.415. The van der Waals surface area contributed by atoms with E-state index in [1.807, 2.05) is 10.6 Å². The maximum absolute atomic E-state index is 13.9. The Labute approximate surface area is 137 Å². The summed E-state index contributed by atoms with van der Waals surface area (Å²) in [7, 11) is 0. The highest BCUT2D eigenvalue weighted by Crippen LogP contribution is 2.35. The smallest absolute Gasteiger partial charge is 0.181 e. The summed E-state index contributed by atoms with van der Waals surface area (Å²) in [5, 5.41) is 9.97. The van der Waals surface area contributed by atoms with Gasteiger partial charge in [0.25, 0.3) is 0 Å². The Morgan fingerprint density at radius 2 is 2.00 bits per heavy atom. The molecule has 0 unspecified atom stereocenters. The average Bonchev–Trinajstić information content (AvgIpc) is 3.27. The molecule has 0 radical (unpaired) electrons. The number of benzene rings is 1.